The van der Waals surface area contributed by atoms with Gasteiger partial charge in [-0.15, -0.1) is 0 Å². The van der Waals surface area contributed by atoms with Crippen LogP contribution >= 0.6 is 0 Å². The van der Waals surface area contributed by atoms with E-state index >= 15 is 0 Å². The van der Waals surface area contributed by atoms with Crippen LogP contribution in [0.5, 0.6) is 0 Å². The maximum Gasteiger partial charge on any atom is 0.0534 e. The van der Waals surface area contributed by atoms with Crippen molar-refractivity contribution in [2.45, 2.75) is 29.8 Å². The molecule has 2 aliphatic rings. The summed E-state index contributed by atoms with van der Waals surface area (Å²) in [5, 5.41) is 0.840. The summed E-state index contributed by atoms with van der Waals surface area (Å²) in [4.78, 5) is 0. The molecule has 2 bridgehead atoms. The molecule has 0 amide bonds. The zero-order chi connectivity index (χ0) is 6.27. The molecule has 2 heterocycles. The van der Waals surface area contributed by atoms with Crippen LogP contribution in [0.15, 0.2) is 12.2 Å². The highest BCUT2D eigenvalue weighted by Crippen LogP contribution is 2.29. The lowest BCUT2D eigenvalue weighted by atomic mass is 10.2. The summed E-state index contributed by atoms with van der Waals surface area (Å²) in [5.41, 5.74) is 0. The van der Waals surface area contributed by atoms with Crippen LogP contribution in [-0.2, 0) is 10.8 Å². The van der Waals surface area contributed by atoms with E-state index in [1.54, 1.807) is 0 Å². The Balaban J connectivity index is 2.27. The van der Waals surface area contributed by atoms with E-state index in [0.717, 1.165) is 12.8 Å². The Labute approximate surface area is 57.6 Å². The van der Waals surface area contributed by atoms with Gasteiger partial charge in [-0.3, -0.25) is 4.21 Å². The van der Waals surface area contributed by atoms with Crippen molar-refractivity contribution in [3.63, 3.8) is 0 Å². The minimum atomic E-state index is -0.530. The quantitative estimate of drug-likeness (QED) is 0.465. The predicted molar refractivity (Wildman–Crippen MR) is 38.7 cm³/mol. The maximum absolute atomic E-state index is 11.2. The number of fused-ring (bicyclic) bond motifs is 2. The fourth-order valence-corrected chi connectivity index (χ4v) is 3.31. The topological polar surface area (TPSA) is 17.1 Å². The molecule has 2 unspecified atom stereocenters. The Kier molecular flexibility index (Phi) is 1.22. The van der Waals surface area contributed by atoms with E-state index in [0.29, 0.717) is 10.5 Å². The molecule has 0 aromatic carbocycles. The molecular formula is C7H10OS. The van der Waals surface area contributed by atoms with E-state index in [1.165, 1.54) is 6.42 Å². The number of rotatable bonds is 0. The third kappa shape index (κ3) is 0.767. The van der Waals surface area contributed by atoms with Gasteiger partial charge in [-0.1, -0.05) is 18.6 Å². The molecule has 1 fully saturated rings. The Morgan fingerprint density at radius 1 is 1.22 bits per heavy atom. The molecule has 1 nitrogen and oxygen atoms in total. The second-order valence-electron chi connectivity index (χ2n) is 2.72. The minimum Gasteiger partial charge on any atom is -0.258 e. The highest BCUT2D eigenvalue weighted by Gasteiger charge is 2.30. The van der Waals surface area contributed by atoms with Crippen LogP contribution in [0.4, 0.5) is 0 Å². The van der Waals surface area contributed by atoms with Crippen LogP contribution in [0, 0.1) is 0 Å². The molecule has 1 saturated heterocycles. The predicted octanol–water partition coefficient (Wildman–Crippen LogP) is 1.23. The second kappa shape index (κ2) is 1.94. The standard InChI is InChI=1S/C7H10OS/c8-9-6-2-1-3-7(9)5-4-6/h4-7H,1-3H2. The summed E-state index contributed by atoms with van der Waals surface area (Å²) in [6.45, 7) is 0. The first-order valence-electron chi connectivity index (χ1n) is 3.45. The van der Waals surface area contributed by atoms with Gasteiger partial charge >= 0.3 is 0 Å². The average molecular weight is 142 g/mol. The Morgan fingerprint density at radius 2 is 1.78 bits per heavy atom. The lowest BCUT2D eigenvalue weighted by Gasteiger charge is -2.17. The molecule has 2 heteroatoms. The van der Waals surface area contributed by atoms with E-state index in [2.05, 4.69) is 12.2 Å². The van der Waals surface area contributed by atoms with Crippen molar-refractivity contribution in [2.75, 3.05) is 0 Å². The molecule has 0 spiro atoms. The minimum absolute atomic E-state index is 0.420. The summed E-state index contributed by atoms with van der Waals surface area (Å²) < 4.78 is 11.2. The van der Waals surface area contributed by atoms with Crippen LogP contribution in [0.2, 0.25) is 0 Å². The van der Waals surface area contributed by atoms with Gasteiger partial charge in [0.1, 0.15) is 0 Å². The van der Waals surface area contributed by atoms with Gasteiger partial charge in [0.15, 0.2) is 0 Å². The maximum atomic E-state index is 11.2. The fourth-order valence-electron chi connectivity index (χ4n) is 1.57. The van der Waals surface area contributed by atoms with Gasteiger partial charge in [-0.25, -0.2) is 0 Å². The van der Waals surface area contributed by atoms with Crippen LogP contribution < -0.4 is 0 Å². The lowest BCUT2D eigenvalue weighted by molar-refractivity contribution is 0.628. The van der Waals surface area contributed by atoms with E-state index < -0.39 is 10.8 Å². The number of hydrogen-bond acceptors (Lipinski definition) is 1. The average Bonchev–Trinajstić information content (AvgIpc) is 2.19. The zero-order valence-corrected chi connectivity index (χ0v) is 6.06. The largest absolute Gasteiger partial charge is 0.258 e. The van der Waals surface area contributed by atoms with E-state index in [1.807, 2.05) is 0 Å². The van der Waals surface area contributed by atoms with E-state index in [9.17, 15) is 4.21 Å². The van der Waals surface area contributed by atoms with Gasteiger partial charge in [-0.2, -0.15) is 0 Å². The van der Waals surface area contributed by atoms with Crippen LogP contribution in [0.25, 0.3) is 0 Å². The highest BCUT2D eigenvalue weighted by atomic mass is 32.2. The molecule has 2 atom stereocenters. The van der Waals surface area contributed by atoms with Crippen molar-refractivity contribution in [2.24, 2.45) is 0 Å². The molecule has 50 valence electrons. The molecular weight excluding hydrogens is 132 g/mol. The van der Waals surface area contributed by atoms with E-state index in [4.69, 9.17) is 0 Å². The van der Waals surface area contributed by atoms with Crippen molar-refractivity contribution in [1.82, 2.24) is 0 Å². The van der Waals surface area contributed by atoms with Crippen molar-refractivity contribution < 1.29 is 4.21 Å². The molecule has 0 aliphatic carbocycles. The van der Waals surface area contributed by atoms with Crippen molar-refractivity contribution in [1.29, 1.82) is 0 Å². The Bertz CT molecular complexity index is 158. The first-order valence-corrected chi connectivity index (χ1v) is 4.73. The zero-order valence-electron chi connectivity index (χ0n) is 5.25. The summed E-state index contributed by atoms with van der Waals surface area (Å²) in [6.07, 6.45) is 7.84. The van der Waals surface area contributed by atoms with Gasteiger partial charge in [-0.05, 0) is 12.8 Å². The molecule has 0 aromatic heterocycles. The monoisotopic (exact) mass is 142 g/mol. The molecule has 2 aliphatic heterocycles. The lowest BCUT2D eigenvalue weighted by Crippen LogP contribution is -2.22. The summed E-state index contributed by atoms with van der Waals surface area (Å²) in [7, 11) is -0.530. The smallest absolute Gasteiger partial charge is 0.0534 e. The van der Waals surface area contributed by atoms with Crippen LogP contribution in [0.3, 0.4) is 0 Å². The molecule has 0 N–H and O–H groups in total. The molecule has 0 saturated carbocycles. The molecule has 0 aromatic rings. The highest BCUT2D eigenvalue weighted by molar-refractivity contribution is 7.87. The second-order valence-corrected chi connectivity index (χ2v) is 4.59. The first-order chi connectivity index (χ1) is 4.38. The molecule has 2 rings (SSSR count). The van der Waals surface area contributed by atoms with Crippen molar-refractivity contribution in [3.05, 3.63) is 12.2 Å². The van der Waals surface area contributed by atoms with Crippen LogP contribution in [-0.4, -0.2) is 14.7 Å². The van der Waals surface area contributed by atoms with Gasteiger partial charge in [0.2, 0.25) is 0 Å². The fraction of sp³-hybridized carbons (Fsp3) is 0.714. The normalized spacial score (nSPS) is 47.8. The third-order valence-corrected chi connectivity index (χ3v) is 4.09. The van der Waals surface area contributed by atoms with Gasteiger partial charge in [0.25, 0.3) is 0 Å². The van der Waals surface area contributed by atoms with Crippen molar-refractivity contribution >= 4 is 10.8 Å². The SMILES string of the molecule is O=S1C2C=CC1CCC2. The van der Waals surface area contributed by atoms with Gasteiger partial charge < -0.3 is 0 Å². The van der Waals surface area contributed by atoms with Gasteiger partial charge in [0.05, 0.1) is 10.5 Å². The Morgan fingerprint density at radius 3 is 2.22 bits per heavy atom. The van der Waals surface area contributed by atoms with Gasteiger partial charge in [0, 0.05) is 10.8 Å². The Hall–Kier alpha value is -0.110. The van der Waals surface area contributed by atoms with E-state index in [-0.39, 0.29) is 0 Å². The molecule has 0 radical (unpaired) electrons. The molecule has 9 heavy (non-hydrogen) atoms. The summed E-state index contributed by atoms with van der Waals surface area (Å²) in [6, 6.07) is 0. The van der Waals surface area contributed by atoms with Crippen molar-refractivity contribution in [3.8, 4) is 0 Å². The first kappa shape index (κ1) is 5.66. The summed E-state index contributed by atoms with van der Waals surface area (Å²) in [5.74, 6) is 0. The van der Waals surface area contributed by atoms with Crippen LogP contribution in [0.1, 0.15) is 19.3 Å². The summed E-state index contributed by atoms with van der Waals surface area (Å²) >= 11 is 0. The number of hydrogen-bond donors (Lipinski definition) is 0. The third-order valence-electron chi connectivity index (χ3n) is 2.11.